The van der Waals surface area contributed by atoms with E-state index in [0.717, 1.165) is 27.8 Å². The van der Waals surface area contributed by atoms with Crippen molar-refractivity contribution >= 4 is 10.8 Å². The first-order valence-electron chi connectivity index (χ1n) is 20.1. The summed E-state index contributed by atoms with van der Waals surface area (Å²) >= 11 is 0. The predicted octanol–water partition coefficient (Wildman–Crippen LogP) is 13.7. The van der Waals surface area contributed by atoms with Gasteiger partial charge < -0.3 is 0 Å². The van der Waals surface area contributed by atoms with Crippen molar-refractivity contribution in [3.63, 3.8) is 0 Å². The minimum Gasteiger partial charge on any atom is -0.208 e. The summed E-state index contributed by atoms with van der Waals surface area (Å²) in [6.07, 6.45) is 0. The minimum atomic E-state index is -0.492. The maximum absolute atomic E-state index is 4.94. The molecule has 3 nitrogen and oxygen atoms in total. The third kappa shape index (κ3) is 5.78. The van der Waals surface area contributed by atoms with Gasteiger partial charge in [-0.3, -0.25) is 0 Å². The van der Waals surface area contributed by atoms with Gasteiger partial charge in [-0.25, -0.2) is 15.0 Å². The van der Waals surface area contributed by atoms with Crippen LogP contribution in [0.3, 0.4) is 0 Å². The van der Waals surface area contributed by atoms with E-state index in [-0.39, 0.29) is 0 Å². The summed E-state index contributed by atoms with van der Waals surface area (Å²) in [7, 11) is 0. The van der Waals surface area contributed by atoms with Gasteiger partial charge in [0.15, 0.2) is 17.5 Å². The van der Waals surface area contributed by atoms with Crippen LogP contribution < -0.4 is 0 Å². The molecule has 10 aromatic rings. The fourth-order valence-electron chi connectivity index (χ4n) is 9.14. The maximum atomic E-state index is 4.94. The molecular formula is C56H37N3. The summed E-state index contributed by atoms with van der Waals surface area (Å²) < 4.78 is 0. The zero-order valence-electron chi connectivity index (χ0n) is 32.2. The van der Waals surface area contributed by atoms with E-state index in [1.165, 1.54) is 55.3 Å². The quantitative estimate of drug-likeness (QED) is 0.163. The minimum absolute atomic E-state index is 0.492. The van der Waals surface area contributed by atoms with Gasteiger partial charge in [0.05, 0.1) is 5.41 Å². The molecule has 0 atom stereocenters. The smallest absolute Gasteiger partial charge is 0.164 e. The largest absolute Gasteiger partial charge is 0.208 e. The SMILES string of the molecule is c1ccc(-c2nc(-c3ccccc3)nc(-c3ccc(-c4ccc(-c5cc6ccccc6c6c5-c5ccccc5C6(c5ccccc5)c5ccccc5)cc4)cc3)n2)cc1. The molecular weight excluding hydrogens is 715 g/mol. The topological polar surface area (TPSA) is 38.7 Å². The third-order valence-corrected chi connectivity index (χ3v) is 11.8. The zero-order chi connectivity index (χ0) is 39.2. The van der Waals surface area contributed by atoms with Gasteiger partial charge in [-0.1, -0.05) is 218 Å². The summed E-state index contributed by atoms with van der Waals surface area (Å²) in [6.45, 7) is 0. The maximum Gasteiger partial charge on any atom is 0.164 e. The molecule has 1 heterocycles. The number of rotatable bonds is 7. The lowest BCUT2D eigenvalue weighted by molar-refractivity contribution is 0.775. The highest BCUT2D eigenvalue weighted by Gasteiger charge is 2.48. The number of hydrogen-bond acceptors (Lipinski definition) is 3. The Labute approximate surface area is 344 Å². The Morgan fingerprint density at radius 3 is 1.25 bits per heavy atom. The standard InChI is InChI=1S/C56H37N3/c1-5-17-41(18-6-1)53-57-54(42-19-7-2-8-20-42)59-55(58-53)43-35-31-39(32-36-43)38-29-33-40(34-30-38)49-37-44-21-13-14-26-47(44)52-51(49)48-27-15-16-28-50(48)56(52,45-22-9-3-10-23-45)46-24-11-4-12-25-46/h1-37H. The van der Waals surface area contributed by atoms with E-state index in [1.807, 2.05) is 60.7 Å². The van der Waals surface area contributed by atoms with Crippen molar-refractivity contribution in [3.8, 4) is 67.5 Å². The van der Waals surface area contributed by atoms with Crippen molar-refractivity contribution < 1.29 is 0 Å². The lowest BCUT2D eigenvalue weighted by Gasteiger charge is -2.35. The molecule has 1 aliphatic carbocycles. The Bertz CT molecular complexity index is 3010. The fraction of sp³-hybridized carbons (Fsp3) is 0.0179. The van der Waals surface area contributed by atoms with Gasteiger partial charge in [-0.2, -0.15) is 0 Å². The van der Waals surface area contributed by atoms with Crippen LogP contribution in [0.2, 0.25) is 0 Å². The van der Waals surface area contributed by atoms with Gasteiger partial charge in [-0.05, 0) is 72.5 Å². The highest BCUT2D eigenvalue weighted by Crippen LogP contribution is 2.60. The average Bonchev–Trinajstić information content (AvgIpc) is 3.65. The summed E-state index contributed by atoms with van der Waals surface area (Å²) in [6, 6.07) is 80.2. The van der Waals surface area contributed by atoms with Crippen molar-refractivity contribution in [1.29, 1.82) is 0 Å². The fourth-order valence-corrected chi connectivity index (χ4v) is 9.14. The molecule has 11 rings (SSSR count). The van der Waals surface area contributed by atoms with Gasteiger partial charge in [0.25, 0.3) is 0 Å². The van der Waals surface area contributed by atoms with Crippen LogP contribution in [0, 0.1) is 0 Å². The number of fused-ring (bicyclic) bond motifs is 5. The number of benzene rings is 9. The zero-order valence-corrected chi connectivity index (χ0v) is 32.2. The summed E-state index contributed by atoms with van der Waals surface area (Å²) in [5.74, 6) is 1.95. The molecule has 0 saturated carbocycles. The van der Waals surface area contributed by atoms with Gasteiger partial charge in [-0.15, -0.1) is 0 Å². The summed E-state index contributed by atoms with van der Waals surface area (Å²) in [4.78, 5) is 14.7. The highest BCUT2D eigenvalue weighted by molar-refractivity contribution is 6.06. The monoisotopic (exact) mass is 751 g/mol. The van der Waals surface area contributed by atoms with Gasteiger partial charge in [0.1, 0.15) is 0 Å². The van der Waals surface area contributed by atoms with Crippen LogP contribution in [0.5, 0.6) is 0 Å². The summed E-state index contributed by atoms with van der Waals surface area (Å²) in [5, 5.41) is 2.51. The molecule has 0 amide bonds. The first-order valence-corrected chi connectivity index (χ1v) is 20.1. The second-order valence-corrected chi connectivity index (χ2v) is 15.1. The molecule has 0 bridgehead atoms. The molecule has 0 fully saturated rings. The van der Waals surface area contributed by atoms with E-state index < -0.39 is 5.41 Å². The molecule has 0 unspecified atom stereocenters. The molecule has 9 aromatic carbocycles. The van der Waals surface area contributed by atoms with Crippen LogP contribution in [0.25, 0.3) is 78.3 Å². The average molecular weight is 752 g/mol. The number of nitrogens with zero attached hydrogens (tertiary/aromatic N) is 3. The van der Waals surface area contributed by atoms with E-state index >= 15 is 0 Å². The second-order valence-electron chi connectivity index (χ2n) is 15.1. The summed E-state index contributed by atoms with van der Waals surface area (Å²) in [5.41, 5.74) is 14.8. The predicted molar refractivity (Wildman–Crippen MR) is 242 cm³/mol. The van der Waals surface area contributed by atoms with E-state index in [1.54, 1.807) is 0 Å². The van der Waals surface area contributed by atoms with Crippen LogP contribution in [-0.4, -0.2) is 15.0 Å². The third-order valence-electron chi connectivity index (χ3n) is 11.8. The van der Waals surface area contributed by atoms with Crippen molar-refractivity contribution in [3.05, 3.63) is 247 Å². The molecule has 3 heteroatoms. The molecule has 59 heavy (non-hydrogen) atoms. The molecule has 0 N–H and O–H groups in total. The van der Waals surface area contributed by atoms with Crippen molar-refractivity contribution in [2.45, 2.75) is 5.41 Å². The first kappa shape index (κ1) is 34.5. The van der Waals surface area contributed by atoms with Crippen LogP contribution in [0.1, 0.15) is 22.3 Å². The Morgan fingerprint density at radius 2 is 0.712 bits per heavy atom. The Morgan fingerprint density at radius 1 is 0.305 bits per heavy atom. The van der Waals surface area contributed by atoms with Crippen LogP contribution in [0.4, 0.5) is 0 Å². The molecule has 0 saturated heterocycles. The van der Waals surface area contributed by atoms with E-state index in [0.29, 0.717) is 17.5 Å². The number of hydrogen-bond donors (Lipinski definition) is 0. The normalized spacial score (nSPS) is 12.5. The molecule has 0 radical (unpaired) electrons. The molecule has 0 aliphatic heterocycles. The molecule has 1 aliphatic rings. The molecule has 0 spiro atoms. The van der Waals surface area contributed by atoms with Crippen molar-refractivity contribution in [2.75, 3.05) is 0 Å². The van der Waals surface area contributed by atoms with Crippen LogP contribution in [-0.2, 0) is 5.41 Å². The van der Waals surface area contributed by atoms with Crippen molar-refractivity contribution in [2.24, 2.45) is 0 Å². The Balaban J connectivity index is 1.02. The lowest BCUT2D eigenvalue weighted by atomic mass is 9.66. The highest BCUT2D eigenvalue weighted by atomic mass is 15.0. The van der Waals surface area contributed by atoms with Crippen LogP contribution in [0.15, 0.2) is 224 Å². The van der Waals surface area contributed by atoms with Gasteiger partial charge >= 0.3 is 0 Å². The van der Waals surface area contributed by atoms with Crippen molar-refractivity contribution in [1.82, 2.24) is 15.0 Å². The van der Waals surface area contributed by atoms with Crippen LogP contribution >= 0.6 is 0 Å². The van der Waals surface area contributed by atoms with Gasteiger partial charge in [0, 0.05) is 16.7 Å². The van der Waals surface area contributed by atoms with E-state index in [2.05, 4.69) is 164 Å². The molecule has 1 aromatic heterocycles. The number of aromatic nitrogens is 3. The second kappa shape index (κ2) is 14.3. The Hall–Kier alpha value is -7.75. The first-order chi connectivity index (χ1) is 29.3. The Kier molecular flexibility index (Phi) is 8.37. The van der Waals surface area contributed by atoms with E-state index in [4.69, 9.17) is 15.0 Å². The lowest BCUT2D eigenvalue weighted by Crippen LogP contribution is -2.28. The van der Waals surface area contributed by atoms with Gasteiger partial charge in [0.2, 0.25) is 0 Å². The van der Waals surface area contributed by atoms with E-state index in [9.17, 15) is 0 Å². The molecule has 276 valence electrons.